The molecule has 0 aromatic heterocycles. The van der Waals surface area contributed by atoms with Crippen molar-refractivity contribution in [2.24, 2.45) is 5.41 Å². The molecule has 1 aliphatic rings. The van der Waals surface area contributed by atoms with E-state index in [-0.39, 0.29) is 0 Å². The molecule has 2 rings (SSSR count). The molecule has 0 spiro atoms. The molecule has 82 valence electrons. The zero-order valence-corrected chi connectivity index (χ0v) is 12.1. The van der Waals surface area contributed by atoms with Gasteiger partial charge in [0.2, 0.25) is 0 Å². The SMILES string of the molecule is CC1(Cc2cccc(Br)c2)CCC(Br)C1. The maximum atomic E-state index is 3.73. The normalized spacial score (nSPS) is 30.7. The van der Waals surface area contributed by atoms with E-state index in [4.69, 9.17) is 0 Å². The fourth-order valence-electron chi connectivity index (χ4n) is 2.54. The van der Waals surface area contributed by atoms with Crippen molar-refractivity contribution in [1.82, 2.24) is 0 Å². The van der Waals surface area contributed by atoms with Crippen LogP contribution in [-0.4, -0.2) is 4.83 Å². The summed E-state index contributed by atoms with van der Waals surface area (Å²) in [5.41, 5.74) is 1.95. The van der Waals surface area contributed by atoms with Crippen LogP contribution in [0.25, 0.3) is 0 Å². The minimum Gasteiger partial charge on any atom is -0.0890 e. The highest BCUT2D eigenvalue weighted by Gasteiger charge is 2.33. The first-order chi connectivity index (χ1) is 7.07. The Morgan fingerprint density at radius 3 is 2.87 bits per heavy atom. The van der Waals surface area contributed by atoms with E-state index in [0.29, 0.717) is 5.41 Å². The number of benzene rings is 1. The molecule has 1 fully saturated rings. The maximum absolute atomic E-state index is 3.73. The Balaban J connectivity index is 2.08. The zero-order valence-electron chi connectivity index (χ0n) is 8.97. The minimum absolute atomic E-state index is 0.495. The van der Waals surface area contributed by atoms with Crippen molar-refractivity contribution in [2.75, 3.05) is 0 Å². The van der Waals surface area contributed by atoms with Crippen molar-refractivity contribution in [2.45, 2.75) is 37.4 Å². The molecule has 0 amide bonds. The van der Waals surface area contributed by atoms with Crippen LogP contribution in [0.5, 0.6) is 0 Å². The van der Waals surface area contributed by atoms with E-state index < -0.39 is 0 Å². The first-order valence-electron chi connectivity index (χ1n) is 5.46. The van der Waals surface area contributed by atoms with Crippen molar-refractivity contribution in [3.8, 4) is 0 Å². The molecule has 0 N–H and O–H groups in total. The number of halogens is 2. The first-order valence-corrected chi connectivity index (χ1v) is 7.17. The summed E-state index contributed by atoms with van der Waals surface area (Å²) in [7, 11) is 0. The number of alkyl halides is 1. The highest BCUT2D eigenvalue weighted by atomic mass is 79.9. The van der Waals surface area contributed by atoms with Gasteiger partial charge in [0.15, 0.2) is 0 Å². The van der Waals surface area contributed by atoms with Gasteiger partial charge >= 0.3 is 0 Å². The third kappa shape index (κ3) is 3.07. The second kappa shape index (κ2) is 4.58. The Labute approximate surface area is 109 Å². The molecule has 0 heterocycles. The molecule has 0 radical (unpaired) electrons. The Morgan fingerprint density at radius 2 is 2.27 bits per heavy atom. The summed E-state index contributed by atoms with van der Waals surface area (Å²) in [5, 5.41) is 0. The largest absolute Gasteiger partial charge is 0.0890 e. The van der Waals surface area contributed by atoms with Gasteiger partial charge in [-0.1, -0.05) is 50.9 Å². The Bertz CT molecular complexity index is 348. The first kappa shape index (κ1) is 11.7. The average molecular weight is 332 g/mol. The van der Waals surface area contributed by atoms with Crippen LogP contribution < -0.4 is 0 Å². The zero-order chi connectivity index (χ0) is 10.9. The highest BCUT2D eigenvalue weighted by Crippen LogP contribution is 2.43. The summed E-state index contributed by atoms with van der Waals surface area (Å²) in [6.07, 6.45) is 5.17. The summed E-state index contributed by atoms with van der Waals surface area (Å²) in [4.78, 5) is 0.731. The standard InChI is InChI=1S/C13H16Br2/c1-13(6-5-12(15)9-13)8-10-3-2-4-11(14)7-10/h2-4,7,12H,5-6,8-9H2,1H3. The minimum atomic E-state index is 0.495. The summed E-state index contributed by atoms with van der Waals surface area (Å²) in [5.74, 6) is 0. The van der Waals surface area contributed by atoms with Crippen LogP contribution in [0.15, 0.2) is 28.7 Å². The molecular weight excluding hydrogens is 316 g/mol. The predicted molar refractivity (Wildman–Crippen MR) is 72.5 cm³/mol. The summed E-state index contributed by atoms with van der Waals surface area (Å²) in [6, 6.07) is 8.70. The van der Waals surface area contributed by atoms with E-state index in [0.717, 1.165) is 4.83 Å². The van der Waals surface area contributed by atoms with E-state index in [9.17, 15) is 0 Å². The second-order valence-electron chi connectivity index (χ2n) is 4.96. The molecule has 1 saturated carbocycles. The van der Waals surface area contributed by atoms with Crippen LogP contribution in [0.1, 0.15) is 31.7 Å². The maximum Gasteiger partial charge on any atom is 0.0177 e. The van der Waals surface area contributed by atoms with Crippen LogP contribution in [-0.2, 0) is 6.42 Å². The lowest BCUT2D eigenvalue weighted by Crippen LogP contribution is -2.15. The van der Waals surface area contributed by atoms with Gasteiger partial charge in [-0.15, -0.1) is 0 Å². The summed E-state index contributed by atoms with van der Waals surface area (Å²) >= 11 is 7.26. The number of hydrogen-bond acceptors (Lipinski definition) is 0. The molecule has 0 nitrogen and oxygen atoms in total. The molecule has 1 aliphatic carbocycles. The van der Waals surface area contributed by atoms with E-state index in [1.807, 2.05) is 0 Å². The van der Waals surface area contributed by atoms with Crippen molar-refractivity contribution >= 4 is 31.9 Å². The molecule has 1 aromatic carbocycles. The Morgan fingerprint density at radius 1 is 1.47 bits per heavy atom. The van der Waals surface area contributed by atoms with Crippen LogP contribution >= 0.6 is 31.9 Å². The van der Waals surface area contributed by atoms with Gasteiger partial charge < -0.3 is 0 Å². The van der Waals surface area contributed by atoms with Gasteiger partial charge in [0.25, 0.3) is 0 Å². The van der Waals surface area contributed by atoms with Crippen molar-refractivity contribution < 1.29 is 0 Å². The molecule has 15 heavy (non-hydrogen) atoms. The quantitative estimate of drug-likeness (QED) is 0.673. The van der Waals surface area contributed by atoms with Gasteiger partial charge in [-0.05, 0) is 48.8 Å². The van der Waals surface area contributed by atoms with Gasteiger partial charge in [-0.2, -0.15) is 0 Å². The average Bonchev–Trinajstić information content (AvgIpc) is 2.45. The molecule has 1 aromatic rings. The fraction of sp³-hybridized carbons (Fsp3) is 0.538. The Hall–Kier alpha value is 0.180. The molecular formula is C13H16Br2. The van der Waals surface area contributed by atoms with E-state index >= 15 is 0 Å². The smallest absolute Gasteiger partial charge is 0.0177 e. The van der Waals surface area contributed by atoms with E-state index in [2.05, 4.69) is 63.0 Å². The molecule has 2 atom stereocenters. The van der Waals surface area contributed by atoms with Gasteiger partial charge in [-0.25, -0.2) is 0 Å². The van der Waals surface area contributed by atoms with Crippen molar-refractivity contribution in [3.05, 3.63) is 34.3 Å². The number of rotatable bonds is 2. The van der Waals surface area contributed by atoms with Gasteiger partial charge in [0.1, 0.15) is 0 Å². The van der Waals surface area contributed by atoms with Crippen molar-refractivity contribution in [3.63, 3.8) is 0 Å². The van der Waals surface area contributed by atoms with Crippen LogP contribution in [0, 0.1) is 5.41 Å². The lowest BCUT2D eigenvalue weighted by molar-refractivity contribution is 0.336. The lowest BCUT2D eigenvalue weighted by Gasteiger charge is -2.23. The van der Waals surface area contributed by atoms with Crippen LogP contribution in [0.2, 0.25) is 0 Å². The highest BCUT2D eigenvalue weighted by molar-refractivity contribution is 9.10. The van der Waals surface area contributed by atoms with Gasteiger partial charge in [0, 0.05) is 9.30 Å². The summed E-state index contributed by atoms with van der Waals surface area (Å²) in [6.45, 7) is 2.41. The van der Waals surface area contributed by atoms with E-state index in [1.54, 1.807) is 0 Å². The van der Waals surface area contributed by atoms with Gasteiger partial charge in [0.05, 0.1) is 0 Å². The third-order valence-corrected chi connectivity index (χ3v) is 4.57. The van der Waals surface area contributed by atoms with Gasteiger partial charge in [-0.3, -0.25) is 0 Å². The molecule has 2 heteroatoms. The third-order valence-electron chi connectivity index (χ3n) is 3.30. The monoisotopic (exact) mass is 330 g/mol. The molecule has 0 bridgehead atoms. The fourth-order valence-corrected chi connectivity index (χ4v) is 4.00. The molecule has 0 saturated heterocycles. The second-order valence-corrected chi connectivity index (χ2v) is 7.17. The predicted octanol–water partition coefficient (Wildman–Crippen LogP) is 4.95. The van der Waals surface area contributed by atoms with Crippen LogP contribution in [0.3, 0.4) is 0 Å². The van der Waals surface area contributed by atoms with Crippen LogP contribution in [0.4, 0.5) is 0 Å². The molecule has 2 unspecified atom stereocenters. The Kier molecular flexibility index (Phi) is 3.56. The van der Waals surface area contributed by atoms with Crippen molar-refractivity contribution in [1.29, 1.82) is 0 Å². The van der Waals surface area contributed by atoms with E-state index in [1.165, 1.54) is 35.7 Å². The summed E-state index contributed by atoms with van der Waals surface area (Å²) < 4.78 is 1.19. The molecule has 0 aliphatic heterocycles. The topological polar surface area (TPSA) is 0 Å². The number of hydrogen-bond donors (Lipinski definition) is 0. The lowest BCUT2D eigenvalue weighted by atomic mass is 9.82.